The predicted molar refractivity (Wildman–Crippen MR) is 38.7 cm³/mol. The third kappa shape index (κ3) is 2.15. The van der Waals surface area contributed by atoms with Crippen LogP contribution in [0.15, 0.2) is 0 Å². The molecule has 1 fully saturated rings. The van der Waals surface area contributed by atoms with Gasteiger partial charge in [0, 0.05) is 0 Å². The molecule has 2 atom stereocenters. The van der Waals surface area contributed by atoms with E-state index in [-0.39, 0.29) is 11.5 Å². The Bertz CT molecular complexity index is 75.0. The lowest BCUT2D eigenvalue weighted by molar-refractivity contribution is 0.161. The minimum atomic E-state index is -0.242. The highest BCUT2D eigenvalue weighted by Gasteiger charge is 2.18. The normalized spacial score (nSPS) is 38.0. The molecule has 0 aromatic heterocycles. The van der Waals surface area contributed by atoms with Crippen LogP contribution in [0.25, 0.3) is 0 Å². The van der Waals surface area contributed by atoms with E-state index in [2.05, 4.69) is 0 Å². The summed E-state index contributed by atoms with van der Waals surface area (Å²) in [4.78, 5) is 0. The molecular weight excluding hydrogens is 136 g/mol. The molecule has 0 unspecified atom stereocenters. The van der Waals surface area contributed by atoms with Crippen molar-refractivity contribution in [1.29, 1.82) is 0 Å². The Kier molecular flexibility index (Phi) is 2.80. The second-order valence-corrected chi connectivity index (χ2v) is 3.28. The maximum atomic E-state index is 9.23. The summed E-state index contributed by atoms with van der Waals surface area (Å²) < 4.78 is 0. The van der Waals surface area contributed by atoms with E-state index in [0.717, 1.165) is 19.3 Å². The number of rotatable bonds is 0. The van der Waals surface area contributed by atoms with Crippen molar-refractivity contribution < 1.29 is 5.11 Å². The van der Waals surface area contributed by atoms with Crippen molar-refractivity contribution in [3.63, 3.8) is 0 Å². The summed E-state index contributed by atoms with van der Waals surface area (Å²) in [6.45, 7) is 0. The minimum absolute atomic E-state index is 0.0208. The quantitative estimate of drug-likeness (QED) is 0.411. The number of halogens is 1. The smallest absolute Gasteiger partial charge is 0.0703 e. The SMILES string of the molecule is O[C@@H]1CCCCC[C@H]1Cl. The molecule has 0 saturated heterocycles. The van der Waals surface area contributed by atoms with Crippen molar-refractivity contribution >= 4 is 11.6 Å². The summed E-state index contributed by atoms with van der Waals surface area (Å²) >= 11 is 5.82. The van der Waals surface area contributed by atoms with Gasteiger partial charge in [0.05, 0.1) is 11.5 Å². The summed E-state index contributed by atoms with van der Waals surface area (Å²) in [5, 5.41) is 9.25. The van der Waals surface area contributed by atoms with E-state index in [1.165, 1.54) is 12.8 Å². The van der Waals surface area contributed by atoms with Crippen LogP contribution in [-0.4, -0.2) is 16.6 Å². The van der Waals surface area contributed by atoms with E-state index in [0.29, 0.717) is 0 Å². The monoisotopic (exact) mass is 148 g/mol. The highest BCUT2D eigenvalue weighted by molar-refractivity contribution is 6.21. The third-order valence-corrected chi connectivity index (χ3v) is 2.41. The van der Waals surface area contributed by atoms with Crippen LogP contribution in [0.4, 0.5) is 0 Å². The molecule has 0 amide bonds. The number of aliphatic hydroxyl groups is 1. The Balaban J connectivity index is 2.32. The van der Waals surface area contributed by atoms with E-state index < -0.39 is 0 Å². The van der Waals surface area contributed by atoms with Gasteiger partial charge in [-0.05, 0) is 12.8 Å². The van der Waals surface area contributed by atoms with Gasteiger partial charge in [-0.3, -0.25) is 0 Å². The van der Waals surface area contributed by atoms with Crippen molar-refractivity contribution in [1.82, 2.24) is 0 Å². The Morgan fingerprint density at radius 1 is 1.11 bits per heavy atom. The van der Waals surface area contributed by atoms with Crippen LogP contribution in [0.5, 0.6) is 0 Å². The lowest BCUT2D eigenvalue weighted by Crippen LogP contribution is -2.18. The lowest BCUT2D eigenvalue weighted by atomic mass is 10.1. The molecule has 1 N–H and O–H groups in total. The molecular formula is C7H13ClO. The Labute approximate surface area is 61.0 Å². The summed E-state index contributed by atoms with van der Waals surface area (Å²) in [6, 6.07) is 0. The number of hydrogen-bond donors (Lipinski definition) is 1. The molecule has 0 aromatic carbocycles. The molecule has 0 heterocycles. The molecule has 0 aliphatic heterocycles. The molecule has 1 aliphatic rings. The molecule has 0 radical (unpaired) electrons. The topological polar surface area (TPSA) is 20.2 Å². The fourth-order valence-corrected chi connectivity index (χ4v) is 1.52. The van der Waals surface area contributed by atoms with Crippen LogP contribution in [-0.2, 0) is 0 Å². The second kappa shape index (κ2) is 3.43. The van der Waals surface area contributed by atoms with Crippen LogP contribution in [0.2, 0.25) is 0 Å². The first-order valence-corrected chi connectivity index (χ1v) is 4.06. The lowest BCUT2D eigenvalue weighted by Gasteiger charge is -2.11. The zero-order valence-corrected chi connectivity index (χ0v) is 6.27. The predicted octanol–water partition coefficient (Wildman–Crippen LogP) is 1.92. The molecule has 54 valence electrons. The average Bonchev–Trinajstić information content (AvgIpc) is 1.99. The Morgan fingerprint density at radius 3 is 2.56 bits per heavy atom. The first-order chi connectivity index (χ1) is 4.30. The van der Waals surface area contributed by atoms with Gasteiger partial charge < -0.3 is 5.11 Å². The molecule has 0 aromatic rings. The van der Waals surface area contributed by atoms with E-state index in [1.807, 2.05) is 0 Å². The molecule has 9 heavy (non-hydrogen) atoms. The van der Waals surface area contributed by atoms with E-state index in [4.69, 9.17) is 11.6 Å². The highest BCUT2D eigenvalue weighted by Crippen LogP contribution is 2.21. The van der Waals surface area contributed by atoms with Gasteiger partial charge in [0.15, 0.2) is 0 Å². The first-order valence-electron chi connectivity index (χ1n) is 3.63. The van der Waals surface area contributed by atoms with Crippen molar-refractivity contribution in [2.75, 3.05) is 0 Å². The Hall–Kier alpha value is 0.250. The molecule has 2 heteroatoms. The fraction of sp³-hybridized carbons (Fsp3) is 1.00. The third-order valence-electron chi connectivity index (χ3n) is 1.90. The standard InChI is InChI=1S/C7H13ClO/c8-6-4-2-1-3-5-7(6)9/h6-7,9H,1-5H2/t6-,7-/m1/s1. The van der Waals surface area contributed by atoms with Crippen LogP contribution in [0.3, 0.4) is 0 Å². The van der Waals surface area contributed by atoms with Crippen LogP contribution >= 0.6 is 11.6 Å². The first kappa shape index (κ1) is 7.36. The minimum Gasteiger partial charge on any atom is -0.392 e. The van der Waals surface area contributed by atoms with Gasteiger partial charge in [0.1, 0.15) is 0 Å². The highest BCUT2D eigenvalue weighted by atomic mass is 35.5. The van der Waals surface area contributed by atoms with E-state index in [9.17, 15) is 5.11 Å². The van der Waals surface area contributed by atoms with Crippen LogP contribution in [0.1, 0.15) is 32.1 Å². The molecule has 1 nitrogen and oxygen atoms in total. The van der Waals surface area contributed by atoms with E-state index in [1.54, 1.807) is 0 Å². The second-order valence-electron chi connectivity index (χ2n) is 2.72. The zero-order valence-electron chi connectivity index (χ0n) is 5.52. The molecule has 0 bridgehead atoms. The van der Waals surface area contributed by atoms with Gasteiger partial charge in [0.25, 0.3) is 0 Å². The fourth-order valence-electron chi connectivity index (χ4n) is 1.24. The van der Waals surface area contributed by atoms with Crippen molar-refractivity contribution in [2.45, 2.75) is 43.6 Å². The summed E-state index contributed by atoms with van der Waals surface area (Å²) in [7, 11) is 0. The number of aliphatic hydroxyl groups excluding tert-OH is 1. The molecule has 1 aliphatic carbocycles. The number of hydrogen-bond acceptors (Lipinski definition) is 1. The molecule has 1 saturated carbocycles. The maximum absolute atomic E-state index is 9.23. The summed E-state index contributed by atoms with van der Waals surface area (Å²) in [5.41, 5.74) is 0. The van der Waals surface area contributed by atoms with Crippen LogP contribution in [0, 0.1) is 0 Å². The Morgan fingerprint density at radius 2 is 1.78 bits per heavy atom. The maximum Gasteiger partial charge on any atom is 0.0703 e. The van der Waals surface area contributed by atoms with Gasteiger partial charge in [-0.15, -0.1) is 11.6 Å². The van der Waals surface area contributed by atoms with Gasteiger partial charge in [-0.2, -0.15) is 0 Å². The van der Waals surface area contributed by atoms with E-state index >= 15 is 0 Å². The summed E-state index contributed by atoms with van der Waals surface area (Å²) in [6.07, 6.45) is 5.21. The largest absolute Gasteiger partial charge is 0.392 e. The molecule has 0 spiro atoms. The average molecular weight is 149 g/mol. The van der Waals surface area contributed by atoms with Gasteiger partial charge in [-0.1, -0.05) is 19.3 Å². The molecule has 1 rings (SSSR count). The van der Waals surface area contributed by atoms with Gasteiger partial charge in [-0.25, -0.2) is 0 Å². The van der Waals surface area contributed by atoms with Crippen molar-refractivity contribution in [2.24, 2.45) is 0 Å². The van der Waals surface area contributed by atoms with Crippen molar-refractivity contribution in [3.05, 3.63) is 0 Å². The van der Waals surface area contributed by atoms with Gasteiger partial charge >= 0.3 is 0 Å². The van der Waals surface area contributed by atoms with Gasteiger partial charge in [0.2, 0.25) is 0 Å². The number of alkyl halides is 1. The zero-order chi connectivity index (χ0) is 6.69. The van der Waals surface area contributed by atoms with Crippen molar-refractivity contribution in [3.8, 4) is 0 Å². The van der Waals surface area contributed by atoms with Crippen LogP contribution < -0.4 is 0 Å². The summed E-state index contributed by atoms with van der Waals surface area (Å²) in [5.74, 6) is 0.